The Bertz CT molecular complexity index is 442. The Morgan fingerprint density at radius 3 is 2.95 bits per heavy atom. The van der Waals surface area contributed by atoms with Crippen LogP contribution in [0.1, 0.15) is 25.3 Å². The zero-order valence-corrected chi connectivity index (χ0v) is 11.1. The fraction of sp³-hybridized carbons (Fsp3) is 0.538. The van der Waals surface area contributed by atoms with Crippen molar-refractivity contribution in [1.29, 1.82) is 0 Å². The van der Waals surface area contributed by atoms with Crippen molar-refractivity contribution < 1.29 is 9.94 Å². The van der Waals surface area contributed by atoms with Gasteiger partial charge in [0, 0.05) is 31.5 Å². The lowest BCUT2D eigenvalue weighted by Gasteiger charge is -2.32. The van der Waals surface area contributed by atoms with Crippen LogP contribution in [0.2, 0.25) is 0 Å². The Balaban J connectivity index is 2.03. The number of nitrogens with two attached hydrogens (primary N) is 1. The molecule has 3 N–H and O–H groups in total. The summed E-state index contributed by atoms with van der Waals surface area (Å²) in [6.07, 6.45) is 4.04. The van der Waals surface area contributed by atoms with Gasteiger partial charge >= 0.3 is 0 Å². The second-order valence-electron chi connectivity index (χ2n) is 4.53. The van der Waals surface area contributed by atoms with E-state index < -0.39 is 0 Å². The summed E-state index contributed by atoms with van der Waals surface area (Å²) in [6, 6.07) is 3.57. The van der Waals surface area contributed by atoms with Crippen LogP contribution in [-0.4, -0.2) is 41.8 Å². The molecule has 1 fully saturated rings. The Labute approximate surface area is 112 Å². The topological polar surface area (TPSA) is 84.0 Å². The number of pyridine rings is 1. The number of nitrogens with zero attached hydrogens (tertiary/aromatic N) is 3. The zero-order valence-electron chi connectivity index (χ0n) is 11.1. The van der Waals surface area contributed by atoms with Gasteiger partial charge in [-0.15, -0.1) is 0 Å². The van der Waals surface area contributed by atoms with Crippen molar-refractivity contribution in [3.05, 3.63) is 23.9 Å². The molecule has 0 radical (unpaired) electrons. The number of aromatic nitrogens is 1. The molecule has 2 rings (SSSR count). The average Bonchev–Trinajstić information content (AvgIpc) is 2.48. The van der Waals surface area contributed by atoms with Gasteiger partial charge in [0.05, 0.1) is 6.10 Å². The molecule has 0 aliphatic carbocycles. The zero-order chi connectivity index (χ0) is 13.7. The molecule has 0 saturated carbocycles. The average molecular weight is 264 g/mol. The van der Waals surface area contributed by atoms with Crippen molar-refractivity contribution in [3.63, 3.8) is 0 Å². The molecule has 1 saturated heterocycles. The number of oxime groups is 1. The van der Waals surface area contributed by atoms with Gasteiger partial charge < -0.3 is 20.6 Å². The highest BCUT2D eigenvalue weighted by atomic mass is 16.5. The highest BCUT2D eigenvalue weighted by Crippen LogP contribution is 2.20. The highest BCUT2D eigenvalue weighted by molar-refractivity contribution is 5.97. The third kappa shape index (κ3) is 3.35. The first-order chi connectivity index (χ1) is 9.24. The van der Waals surface area contributed by atoms with Gasteiger partial charge in [0.15, 0.2) is 5.84 Å². The summed E-state index contributed by atoms with van der Waals surface area (Å²) < 4.78 is 5.63. The summed E-state index contributed by atoms with van der Waals surface area (Å²) in [4.78, 5) is 6.54. The Hall–Kier alpha value is -1.82. The standard InChI is InChI=1S/C13H20N4O2/c1-2-19-11-4-7-17(8-5-11)12-9-10(3-6-15-12)13(14)16-18/h3,6,9,11,18H,2,4-5,7-8H2,1H3,(H2,14,16). The Kier molecular flexibility index (Phi) is 4.57. The van der Waals surface area contributed by atoms with Crippen LogP contribution in [0.5, 0.6) is 0 Å². The summed E-state index contributed by atoms with van der Waals surface area (Å²) in [5.41, 5.74) is 6.27. The molecule has 6 heteroatoms. The fourth-order valence-electron chi connectivity index (χ4n) is 2.30. The lowest BCUT2D eigenvalue weighted by atomic mass is 10.1. The molecule has 104 valence electrons. The van der Waals surface area contributed by atoms with Gasteiger partial charge in [-0.2, -0.15) is 0 Å². The van der Waals surface area contributed by atoms with Gasteiger partial charge in [-0.25, -0.2) is 4.98 Å². The fourth-order valence-corrected chi connectivity index (χ4v) is 2.30. The number of hydrogen-bond acceptors (Lipinski definition) is 5. The van der Waals surface area contributed by atoms with Gasteiger partial charge in [0.25, 0.3) is 0 Å². The summed E-state index contributed by atoms with van der Waals surface area (Å²) in [5.74, 6) is 0.965. The van der Waals surface area contributed by atoms with Crippen molar-refractivity contribution in [1.82, 2.24) is 4.98 Å². The van der Waals surface area contributed by atoms with Crippen molar-refractivity contribution >= 4 is 11.7 Å². The van der Waals surface area contributed by atoms with Crippen LogP contribution < -0.4 is 10.6 Å². The van der Waals surface area contributed by atoms with E-state index in [-0.39, 0.29) is 5.84 Å². The molecule has 0 amide bonds. The van der Waals surface area contributed by atoms with Gasteiger partial charge in [-0.05, 0) is 31.9 Å². The van der Waals surface area contributed by atoms with Gasteiger partial charge in [-0.3, -0.25) is 0 Å². The summed E-state index contributed by atoms with van der Waals surface area (Å²) >= 11 is 0. The maximum Gasteiger partial charge on any atom is 0.170 e. The van der Waals surface area contributed by atoms with E-state index >= 15 is 0 Å². The normalized spacial score (nSPS) is 17.7. The molecular formula is C13H20N4O2. The molecule has 1 aromatic heterocycles. The first kappa shape index (κ1) is 13.6. The number of ether oxygens (including phenoxy) is 1. The van der Waals surface area contributed by atoms with E-state index in [9.17, 15) is 0 Å². The van der Waals surface area contributed by atoms with E-state index in [0.717, 1.165) is 38.4 Å². The molecule has 0 atom stereocenters. The smallest absolute Gasteiger partial charge is 0.170 e. The highest BCUT2D eigenvalue weighted by Gasteiger charge is 2.20. The van der Waals surface area contributed by atoms with E-state index in [1.54, 1.807) is 12.3 Å². The largest absolute Gasteiger partial charge is 0.409 e. The van der Waals surface area contributed by atoms with Crippen LogP contribution in [0.3, 0.4) is 0 Å². The maximum atomic E-state index is 8.70. The quantitative estimate of drug-likeness (QED) is 0.369. The van der Waals surface area contributed by atoms with E-state index in [2.05, 4.69) is 15.0 Å². The second-order valence-corrected chi connectivity index (χ2v) is 4.53. The van der Waals surface area contributed by atoms with Crippen molar-refractivity contribution in [2.75, 3.05) is 24.6 Å². The summed E-state index contributed by atoms with van der Waals surface area (Å²) in [5, 5.41) is 11.7. The molecule has 0 spiro atoms. The first-order valence-electron chi connectivity index (χ1n) is 6.55. The number of hydrogen-bond donors (Lipinski definition) is 2. The number of anilines is 1. The number of rotatable bonds is 4. The number of amidine groups is 1. The van der Waals surface area contributed by atoms with Crippen molar-refractivity contribution in [2.45, 2.75) is 25.9 Å². The molecule has 1 aromatic rings. The SMILES string of the molecule is CCOC1CCN(c2cc(C(N)=NO)ccn2)CC1. The third-order valence-electron chi connectivity index (χ3n) is 3.32. The van der Waals surface area contributed by atoms with Gasteiger partial charge in [0.2, 0.25) is 0 Å². The van der Waals surface area contributed by atoms with Crippen molar-refractivity contribution in [2.24, 2.45) is 10.9 Å². The first-order valence-corrected chi connectivity index (χ1v) is 6.55. The van der Waals surface area contributed by atoms with E-state index in [4.69, 9.17) is 15.7 Å². The molecule has 1 aliphatic heterocycles. The minimum Gasteiger partial charge on any atom is -0.409 e. The van der Waals surface area contributed by atoms with E-state index in [1.807, 2.05) is 13.0 Å². The molecule has 0 aromatic carbocycles. The van der Waals surface area contributed by atoms with Crippen molar-refractivity contribution in [3.8, 4) is 0 Å². The van der Waals surface area contributed by atoms with Crippen LogP contribution in [0, 0.1) is 0 Å². The summed E-state index contributed by atoms with van der Waals surface area (Å²) in [6.45, 7) is 4.62. The molecular weight excluding hydrogens is 244 g/mol. The Morgan fingerprint density at radius 1 is 1.58 bits per heavy atom. The van der Waals surface area contributed by atoms with Crippen LogP contribution in [0.4, 0.5) is 5.82 Å². The van der Waals surface area contributed by atoms with E-state index in [0.29, 0.717) is 11.7 Å². The molecule has 19 heavy (non-hydrogen) atoms. The van der Waals surface area contributed by atoms with Gasteiger partial charge in [-0.1, -0.05) is 5.16 Å². The van der Waals surface area contributed by atoms with E-state index in [1.165, 1.54) is 0 Å². The van der Waals surface area contributed by atoms with Crippen LogP contribution >= 0.6 is 0 Å². The predicted octanol–water partition coefficient (Wildman–Crippen LogP) is 1.18. The predicted molar refractivity (Wildman–Crippen MR) is 73.6 cm³/mol. The molecule has 6 nitrogen and oxygen atoms in total. The third-order valence-corrected chi connectivity index (χ3v) is 3.32. The minimum atomic E-state index is 0.104. The lowest BCUT2D eigenvalue weighted by Crippen LogP contribution is -2.37. The van der Waals surface area contributed by atoms with Crippen LogP contribution in [0.25, 0.3) is 0 Å². The maximum absolute atomic E-state index is 8.70. The lowest BCUT2D eigenvalue weighted by molar-refractivity contribution is 0.0458. The molecule has 0 unspecified atom stereocenters. The monoisotopic (exact) mass is 264 g/mol. The molecule has 2 heterocycles. The minimum absolute atomic E-state index is 0.104. The van der Waals surface area contributed by atoms with Crippen LogP contribution in [0.15, 0.2) is 23.5 Å². The second kappa shape index (κ2) is 6.38. The summed E-state index contributed by atoms with van der Waals surface area (Å²) in [7, 11) is 0. The van der Waals surface area contributed by atoms with Gasteiger partial charge in [0.1, 0.15) is 5.82 Å². The molecule has 0 bridgehead atoms. The van der Waals surface area contributed by atoms with Crippen LogP contribution in [-0.2, 0) is 4.74 Å². The molecule has 1 aliphatic rings. The Morgan fingerprint density at radius 2 is 2.32 bits per heavy atom. The number of piperidine rings is 1.